The number of phenols is 1. The Morgan fingerprint density at radius 2 is 1.80 bits per heavy atom. The van der Waals surface area contributed by atoms with Crippen LogP contribution in [0.3, 0.4) is 0 Å². The Labute approximate surface area is 311 Å². The molecule has 288 valence electrons. The normalized spacial score (nSPS) is 25.7. The molecule has 0 amide bonds. The first-order valence-corrected chi connectivity index (χ1v) is 18.9. The van der Waals surface area contributed by atoms with Crippen molar-refractivity contribution in [1.82, 2.24) is 19.9 Å². The molecule has 0 spiro atoms. The zero-order valence-corrected chi connectivity index (χ0v) is 30.3. The van der Waals surface area contributed by atoms with Crippen LogP contribution in [0, 0.1) is 35.3 Å². The van der Waals surface area contributed by atoms with Gasteiger partial charge >= 0.3 is 6.18 Å². The number of rotatable bonds is 8. The lowest BCUT2D eigenvalue weighted by molar-refractivity contribution is -0.302. The van der Waals surface area contributed by atoms with Crippen LogP contribution in [0.15, 0.2) is 30.5 Å². The molecule has 3 aliphatic carbocycles. The van der Waals surface area contributed by atoms with Crippen LogP contribution in [0.25, 0.3) is 32.9 Å². The number of hydrogen-bond acceptors (Lipinski definition) is 8. The summed E-state index contributed by atoms with van der Waals surface area (Å²) in [5, 5.41) is 34.0. The maximum absolute atomic E-state index is 16.6. The molecule has 1 saturated heterocycles. The van der Waals surface area contributed by atoms with Gasteiger partial charge in [0, 0.05) is 55.0 Å². The predicted octanol–water partition coefficient (Wildman–Crippen LogP) is 8.04. The number of nitrogens with one attached hydrogen (secondary N) is 1. The van der Waals surface area contributed by atoms with E-state index in [-0.39, 0.29) is 88.2 Å². The number of aromatic nitrogens is 3. The number of nitrogens with zero attached hydrogens (tertiary/aromatic N) is 4. The fraction of sp³-hybridized carbons (Fsp3) is 0.537. The van der Waals surface area contributed by atoms with Crippen LogP contribution in [0.2, 0.25) is 0 Å². The van der Waals surface area contributed by atoms with Gasteiger partial charge in [0.2, 0.25) is 0 Å². The van der Waals surface area contributed by atoms with Gasteiger partial charge in [-0.05, 0) is 73.6 Å². The number of terminal acetylenes is 1. The SMILES string of the molecule is C#Cc1c(F)ccc2cc(O)cc(-c3ncc4c(NCCO)nc(CCC56CCCC5N(C5CC(O)(C(F)(F)F)C5)CCC6)nc4c3F)c12.CC1CCC1. The number of alkyl halides is 3. The van der Waals surface area contributed by atoms with E-state index in [1.165, 1.54) is 49.7 Å². The van der Waals surface area contributed by atoms with E-state index in [9.17, 15) is 32.9 Å². The lowest BCUT2D eigenvalue weighted by Gasteiger charge is -2.56. The van der Waals surface area contributed by atoms with Crippen LogP contribution in [0.1, 0.15) is 88.9 Å². The number of fused-ring (bicyclic) bond motifs is 3. The van der Waals surface area contributed by atoms with E-state index in [4.69, 9.17) is 6.42 Å². The number of aromatic hydroxyl groups is 1. The minimum absolute atomic E-state index is 0.0581. The number of benzene rings is 2. The highest BCUT2D eigenvalue weighted by atomic mass is 19.4. The maximum Gasteiger partial charge on any atom is 0.417 e. The molecule has 8 nitrogen and oxygen atoms in total. The van der Waals surface area contributed by atoms with Crippen LogP contribution < -0.4 is 5.32 Å². The van der Waals surface area contributed by atoms with Crippen LogP contribution >= 0.6 is 0 Å². The van der Waals surface area contributed by atoms with Gasteiger partial charge in [0.25, 0.3) is 0 Å². The first kappa shape index (κ1) is 38.2. The minimum Gasteiger partial charge on any atom is -0.508 e. The summed E-state index contributed by atoms with van der Waals surface area (Å²) >= 11 is 0. The summed E-state index contributed by atoms with van der Waals surface area (Å²) in [7, 11) is 0. The largest absolute Gasteiger partial charge is 0.508 e. The lowest BCUT2D eigenvalue weighted by Crippen LogP contribution is -2.66. The predicted molar refractivity (Wildman–Crippen MR) is 197 cm³/mol. The number of likely N-dealkylation sites (tertiary alicyclic amines) is 1. The van der Waals surface area contributed by atoms with Crippen molar-refractivity contribution in [1.29, 1.82) is 0 Å². The van der Waals surface area contributed by atoms with Crippen LogP contribution in [-0.4, -0.2) is 78.7 Å². The first-order valence-electron chi connectivity index (χ1n) is 18.9. The molecule has 4 fully saturated rings. The van der Waals surface area contributed by atoms with Crippen LogP contribution in [0.4, 0.5) is 27.8 Å². The average Bonchev–Trinajstić information content (AvgIpc) is 3.55. The van der Waals surface area contributed by atoms with Gasteiger partial charge in [0.1, 0.15) is 34.4 Å². The van der Waals surface area contributed by atoms with Gasteiger partial charge < -0.3 is 20.6 Å². The number of hydrogen-bond donors (Lipinski definition) is 4. The van der Waals surface area contributed by atoms with Crippen molar-refractivity contribution in [3.05, 3.63) is 53.5 Å². The Kier molecular flexibility index (Phi) is 10.5. The monoisotopic (exact) mass is 751 g/mol. The van der Waals surface area contributed by atoms with E-state index in [0.717, 1.165) is 38.0 Å². The number of pyridine rings is 1. The van der Waals surface area contributed by atoms with Crippen LogP contribution in [-0.2, 0) is 6.42 Å². The fourth-order valence-corrected chi connectivity index (χ4v) is 9.18. The third-order valence-electron chi connectivity index (χ3n) is 12.3. The molecular weight excluding hydrogens is 705 g/mol. The molecule has 4 aliphatic rings. The minimum atomic E-state index is -4.65. The fourth-order valence-electron chi connectivity index (χ4n) is 9.18. The molecule has 2 aromatic carbocycles. The quantitative estimate of drug-likeness (QED) is 0.106. The highest BCUT2D eigenvalue weighted by Crippen LogP contribution is 2.55. The Morgan fingerprint density at radius 3 is 2.46 bits per heavy atom. The molecule has 1 aliphatic heterocycles. The molecule has 0 radical (unpaired) electrons. The summed E-state index contributed by atoms with van der Waals surface area (Å²) in [5.74, 6) is 2.31. The van der Waals surface area contributed by atoms with Crippen molar-refractivity contribution in [2.75, 3.05) is 25.0 Å². The molecule has 13 heteroatoms. The van der Waals surface area contributed by atoms with Gasteiger partial charge in [-0.3, -0.25) is 9.88 Å². The zero-order chi connectivity index (χ0) is 38.4. The smallest absolute Gasteiger partial charge is 0.417 e. The number of aliphatic hydroxyl groups is 2. The number of aryl methyl sites for hydroxylation is 1. The summed E-state index contributed by atoms with van der Waals surface area (Å²) in [6.45, 7) is 2.91. The maximum atomic E-state index is 16.6. The standard InChI is InChI=1S/C36H36F5N5O3.C5H10/c1-2-23-26(37)7-6-20-15-22(48)16-24(29(20)23)31-30(38)32-25(19-43-31)33(42-12-14-47)45-28(44-32)8-11-34-9-3-5-27(34)46(13-4-10-34)21-17-35(49,18-21)36(39,40)41;1-5-3-2-4-5/h1,6-7,15-16,19,21,27,47-49H,3-5,8-14,17-18H2,(H,42,44,45);5H,2-4H2,1H3. The van der Waals surface area contributed by atoms with Gasteiger partial charge in [-0.25, -0.2) is 18.7 Å². The number of piperidine rings is 1. The third-order valence-corrected chi connectivity index (χ3v) is 12.3. The highest BCUT2D eigenvalue weighted by Gasteiger charge is 2.64. The molecule has 0 bridgehead atoms. The second kappa shape index (κ2) is 14.8. The van der Waals surface area contributed by atoms with Gasteiger partial charge in [-0.2, -0.15) is 13.2 Å². The molecule has 2 aromatic heterocycles. The first-order chi connectivity index (χ1) is 25.8. The van der Waals surface area contributed by atoms with E-state index in [1.807, 2.05) is 0 Å². The number of aliphatic hydroxyl groups excluding tert-OH is 1. The Morgan fingerprint density at radius 1 is 1.06 bits per heavy atom. The molecule has 3 saturated carbocycles. The molecule has 3 heterocycles. The topological polar surface area (TPSA) is 115 Å². The molecule has 4 N–H and O–H groups in total. The Bertz CT molecular complexity index is 2080. The van der Waals surface area contributed by atoms with Crippen molar-refractivity contribution in [2.45, 2.75) is 108 Å². The van der Waals surface area contributed by atoms with Crippen molar-refractivity contribution in [3.63, 3.8) is 0 Å². The van der Waals surface area contributed by atoms with Gasteiger partial charge in [0.15, 0.2) is 11.4 Å². The summed E-state index contributed by atoms with van der Waals surface area (Å²) < 4.78 is 71.6. The number of phenolic OH excluding ortho intramolecular Hbond substituents is 1. The number of halogens is 5. The van der Waals surface area contributed by atoms with E-state index in [1.54, 1.807) is 0 Å². The summed E-state index contributed by atoms with van der Waals surface area (Å²) in [4.78, 5) is 15.8. The summed E-state index contributed by atoms with van der Waals surface area (Å²) in [5.41, 5.74) is -3.07. The van der Waals surface area contributed by atoms with E-state index >= 15 is 4.39 Å². The second-order valence-electron chi connectivity index (χ2n) is 15.7. The molecule has 2 unspecified atom stereocenters. The Hall–Kier alpha value is -4.12. The van der Waals surface area contributed by atoms with Crippen LogP contribution in [0.5, 0.6) is 5.75 Å². The second-order valence-corrected chi connectivity index (χ2v) is 15.7. The summed E-state index contributed by atoms with van der Waals surface area (Å²) in [6.07, 6.45) is 11.6. The van der Waals surface area contributed by atoms with Crippen molar-refractivity contribution < 1.29 is 37.3 Å². The molecule has 2 atom stereocenters. The van der Waals surface area contributed by atoms with E-state index in [2.05, 4.69) is 38.0 Å². The molecular formula is C41H46F5N5O3. The van der Waals surface area contributed by atoms with Gasteiger partial charge in [0.05, 0.1) is 17.6 Å². The highest BCUT2D eigenvalue weighted by molar-refractivity contribution is 6.02. The summed E-state index contributed by atoms with van der Waals surface area (Å²) in [6, 6.07) is 5.02. The molecule has 4 aromatic rings. The Balaban J connectivity index is 0.000000833. The molecule has 8 rings (SSSR count). The van der Waals surface area contributed by atoms with Gasteiger partial charge in [-0.1, -0.05) is 44.6 Å². The van der Waals surface area contributed by atoms with E-state index < -0.39 is 23.4 Å². The van der Waals surface area contributed by atoms with Crippen molar-refractivity contribution >= 4 is 27.5 Å². The molecule has 54 heavy (non-hydrogen) atoms. The third kappa shape index (κ3) is 6.97. The van der Waals surface area contributed by atoms with Crippen molar-refractivity contribution in [2.24, 2.45) is 11.3 Å². The zero-order valence-electron chi connectivity index (χ0n) is 30.3. The average molecular weight is 752 g/mol. The van der Waals surface area contributed by atoms with Crippen molar-refractivity contribution in [3.8, 4) is 29.4 Å². The van der Waals surface area contributed by atoms with E-state index in [0.29, 0.717) is 30.6 Å². The number of anilines is 1. The van der Waals surface area contributed by atoms with Gasteiger partial charge in [-0.15, -0.1) is 6.42 Å². The lowest BCUT2D eigenvalue weighted by atomic mass is 9.68.